The molecule has 4 nitrogen and oxygen atoms in total. The molecule has 4 heteroatoms. The van der Waals surface area contributed by atoms with Gasteiger partial charge in [0.2, 0.25) is 11.8 Å². The Morgan fingerprint density at radius 2 is 0.692 bits per heavy atom. The van der Waals surface area contributed by atoms with Crippen molar-refractivity contribution in [3.63, 3.8) is 0 Å². The van der Waals surface area contributed by atoms with E-state index in [1.807, 2.05) is 0 Å². The zero-order valence-corrected chi connectivity index (χ0v) is 25.9. The summed E-state index contributed by atoms with van der Waals surface area (Å²) in [5.74, 6) is 0.561. The Bertz CT molecular complexity index is 599. The number of amides is 2. The topological polar surface area (TPSA) is 86.2 Å². The van der Waals surface area contributed by atoms with E-state index < -0.39 is 0 Å². The summed E-state index contributed by atoms with van der Waals surface area (Å²) in [4.78, 5) is 21.4. The van der Waals surface area contributed by atoms with Gasteiger partial charge in [-0.2, -0.15) is 0 Å². The zero-order valence-electron chi connectivity index (χ0n) is 25.9. The van der Waals surface area contributed by atoms with Crippen LogP contribution in [0.3, 0.4) is 0 Å². The number of carbonyl (C=O) groups is 2. The van der Waals surface area contributed by atoms with Crippen molar-refractivity contribution in [3.8, 4) is 0 Å². The van der Waals surface area contributed by atoms with E-state index in [0.29, 0.717) is 12.8 Å². The summed E-state index contributed by atoms with van der Waals surface area (Å²) in [5.41, 5.74) is 10.3. The molecule has 228 valence electrons. The van der Waals surface area contributed by atoms with Gasteiger partial charge in [0.15, 0.2) is 0 Å². The molecule has 1 unspecified atom stereocenters. The first-order chi connectivity index (χ1) is 19.0. The number of unbranched alkanes of at least 4 members (excludes halogenated alkanes) is 19. The van der Waals surface area contributed by atoms with Crippen molar-refractivity contribution >= 4 is 11.8 Å². The molecule has 0 aromatic rings. The van der Waals surface area contributed by atoms with E-state index in [-0.39, 0.29) is 11.8 Å². The maximum Gasteiger partial charge on any atom is 0.217 e. The second-order valence-electron chi connectivity index (χ2n) is 11.9. The Hall–Kier alpha value is -1.58. The van der Waals surface area contributed by atoms with E-state index in [2.05, 4.69) is 31.2 Å². The first kappa shape index (κ1) is 37.4. The molecule has 0 radical (unpaired) electrons. The molecule has 0 aliphatic rings. The van der Waals surface area contributed by atoms with Crippen molar-refractivity contribution in [2.45, 2.75) is 180 Å². The van der Waals surface area contributed by atoms with Crippen LogP contribution < -0.4 is 11.5 Å². The van der Waals surface area contributed by atoms with Crippen LogP contribution in [-0.4, -0.2) is 11.8 Å². The maximum absolute atomic E-state index is 10.7. The summed E-state index contributed by atoms with van der Waals surface area (Å²) in [6.45, 7) is 2.45. The quantitative estimate of drug-likeness (QED) is 0.0669. The fourth-order valence-corrected chi connectivity index (χ4v) is 5.19. The number of allylic oxidation sites excluding steroid dienone is 4. The second-order valence-corrected chi connectivity index (χ2v) is 11.9. The molecular formula is C35H66N2O2. The van der Waals surface area contributed by atoms with Gasteiger partial charge in [-0.15, -0.1) is 0 Å². The van der Waals surface area contributed by atoms with E-state index in [1.54, 1.807) is 0 Å². The molecule has 1 atom stereocenters. The average Bonchev–Trinajstić information content (AvgIpc) is 2.90. The average molecular weight is 547 g/mol. The van der Waals surface area contributed by atoms with Crippen LogP contribution in [0.4, 0.5) is 0 Å². The summed E-state index contributed by atoms with van der Waals surface area (Å²) < 4.78 is 0. The zero-order chi connectivity index (χ0) is 28.7. The summed E-state index contributed by atoms with van der Waals surface area (Å²) in [5, 5.41) is 0. The Balaban J connectivity index is 3.27. The molecule has 0 fully saturated rings. The van der Waals surface area contributed by atoms with Gasteiger partial charge in [0.05, 0.1) is 0 Å². The number of hydrogen-bond donors (Lipinski definition) is 2. The lowest BCUT2D eigenvalue weighted by Gasteiger charge is -2.10. The Labute approximate surface area is 243 Å². The van der Waals surface area contributed by atoms with Gasteiger partial charge in [-0.1, -0.05) is 128 Å². The minimum absolute atomic E-state index is 0.167. The molecular weight excluding hydrogens is 480 g/mol. The van der Waals surface area contributed by atoms with Gasteiger partial charge in [0, 0.05) is 12.8 Å². The number of hydrogen-bond acceptors (Lipinski definition) is 2. The predicted octanol–water partition coefficient (Wildman–Crippen LogP) is 10.2. The van der Waals surface area contributed by atoms with Crippen LogP contribution in [0.15, 0.2) is 24.3 Å². The van der Waals surface area contributed by atoms with E-state index in [1.165, 1.54) is 135 Å². The van der Waals surface area contributed by atoms with Gasteiger partial charge in [0.1, 0.15) is 0 Å². The highest BCUT2D eigenvalue weighted by molar-refractivity contribution is 5.73. The largest absolute Gasteiger partial charge is 0.370 e. The number of carbonyl (C=O) groups excluding carboxylic acids is 2. The summed E-state index contributed by atoms with van der Waals surface area (Å²) >= 11 is 0. The first-order valence-electron chi connectivity index (χ1n) is 16.9. The summed E-state index contributed by atoms with van der Waals surface area (Å²) in [6, 6.07) is 0. The summed E-state index contributed by atoms with van der Waals surface area (Å²) in [6.07, 6.45) is 42.5. The lowest BCUT2D eigenvalue weighted by molar-refractivity contribution is -0.119. The minimum atomic E-state index is -0.167. The molecule has 0 aromatic heterocycles. The standard InChI is InChI=1S/C35H66N2O2/c1-33(30-26-22-18-14-10-6-4-8-12-16-20-24-28-32-35(37)39)29-25-21-17-13-9-5-2-3-7-11-15-19-23-27-31-34(36)38/h2-4,6,33H,5,7-32H2,1H3,(H2,36,38)(H2,37,39)/b3-2-,6-4-. The third-order valence-corrected chi connectivity index (χ3v) is 7.81. The van der Waals surface area contributed by atoms with Crippen molar-refractivity contribution in [1.82, 2.24) is 0 Å². The molecule has 0 rings (SSSR count). The highest BCUT2D eigenvalue weighted by Gasteiger charge is 2.02. The minimum Gasteiger partial charge on any atom is -0.370 e. The van der Waals surface area contributed by atoms with Crippen LogP contribution in [0.25, 0.3) is 0 Å². The third-order valence-electron chi connectivity index (χ3n) is 7.81. The van der Waals surface area contributed by atoms with Gasteiger partial charge >= 0.3 is 0 Å². The molecule has 39 heavy (non-hydrogen) atoms. The van der Waals surface area contributed by atoms with Crippen molar-refractivity contribution in [2.75, 3.05) is 0 Å². The molecule has 0 saturated carbocycles. The van der Waals surface area contributed by atoms with Crippen LogP contribution in [-0.2, 0) is 9.59 Å². The molecule has 2 amide bonds. The van der Waals surface area contributed by atoms with Crippen LogP contribution in [0, 0.1) is 5.92 Å². The van der Waals surface area contributed by atoms with E-state index in [9.17, 15) is 9.59 Å². The highest BCUT2D eigenvalue weighted by atomic mass is 16.1. The maximum atomic E-state index is 10.7. The smallest absolute Gasteiger partial charge is 0.217 e. The normalized spacial score (nSPS) is 12.5. The number of primary amides is 2. The lowest BCUT2D eigenvalue weighted by atomic mass is 9.96. The molecule has 0 saturated heterocycles. The Morgan fingerprint density at radius 1 is 0.436 bits per heavy atom. The van der Waals surface area contributed by atoms with Gasteiger partial charge in [0.25, 0.3) is 0 Å². The van der Waals surface area contributed by atoms with Crippen molar-refractivity contribution < 1.29 is 9.59 Å². The van der Waals surface area contributed by atoms with Gasteiger partial charge in [-0.3, -0.25) is 9.59 Å². The SMILES string of the molecule is CC(CCCCCC/C=C\CCCCCCCC(N)=O)CCCCCCC/C=C\CCCCCCCC(N)=O. The molecule has 0 aromatic carbocycles. The van der Waals surface area contributed by atoms with Crippen molar-refractivity contribution in [1.29, 1.82) is 0 Å². The van der Waals surface area contributed by atoms with Crippen LogP contribution in [0.2, 0.25) is 0 Å². The monoisotopic (exact) mass is 547 g/mol. The second kappa shape index (κ2) is 31.0. The lowest BCUT2D eigenvalue weighted by Crippen LogP contribution is -2.09. The Kier molecular flexibility index (Phi) is 29.7. The van der Waals surface area contributed by atoms with Gasteiger partial charge in [-0.05, 0) is 70.1 Å². The number of nitrogens with two attached hydrogens (primary N) is 2. The van der Waals surface area contributed by atoms with Gasteiger partial charge in [-0.25, -0.2) is 0 Å². The van der Waals surface area contributed by atoms with E-state index >= 15 is 0 Å². The van der Waals surface area contributed by atoms with E-state index in [0.717, 1.165) is 31.6 Å². The van der Waals surface area contributed by atoms with E-state index in [4.69, 9.17) is 11.5 Å². The predicted molar refractivity (Wildman–Crippen MR) is 170 cm³/mol. The molecule has 0 spiro atoms. The molecule has 0 bridgehead atoms. The van der Waals surface area contributed by atoms with Crippen molar-refractivity contribution in [2.24, 2.45) is 17.4 Å². The van der Waals surface area contributed by atoms with Crippen LogP contribution in [0.5, 0.6) is 0 Å². The first-order valence-corrected chi connectivity index (χ1v) is 16.9. The van der Waals surface area contributed by atoms with Crippen LogP contribution in [0.1, 0.15) is 180 Å². The van der Waals surface area contributed by atoms with Crippen LogP contribution >= 0.6 is 0 Å². The molecule has 0 aliphatic heterocycles. The highest BCUT2D eigenvalue weighted by Crippen LogP contribution is 2.18. The van der Waals surface area contributed by atoms with Crippen molar-refractivity contribution in [3.05, 3.63) is 24.3 Å². The van der Waals surface area contributed by atoms with Gasteiger partial charge < -0.3 is 11.5 Å². The Morgan fingerprint density at radius 3 is 1.00 bits per heavy atom. The number of rotatable bonds is 31. The fraction of sp³-hybridized carbons (Fsp3) is 0.829. The molecule has 0 aliphatic carbocycles. The molecule has 4 N–H and O–H groups in total. The summed E-state index contributed by atoms with van der Waals surface area (Å²) in [7, 11) is 0. The fourth-order valence-electron chi connectivity index (χ4n) is 5.19. The third kappa shape index (κ3) is 34.4. The molecule has 0 heterocycles.